The van der Waals surface area contributed by atoms with Crippen LogP contribution in [0.5, 0.6) is 0 Å². The van der Waals surface area contributed by atoms with E-state index in [-0.39, 0.29) is 24.0 Å². The highest BCUT2D eigenvalue weighted by molar-refractivity contribution is 14.0. The Morgan fingerprint density at radius 1 is 1.13 bits per heavy atom. The van der Waals surface area contributed by atoms with Crippen molar-refractivity contribution >= 4 is 35.8 Å². The molecule has 2 heterocycles. The monoisotopic (exact) mass is 541 g/mol. The fourth-order valence-corrected chi connectivity index (χ4v) is 4.40. The van der Waals surface area contributed by atoms with E-state index in [0.717, 1.165) is 51.5 Å². The van der Waals surface area contributed by atoms with Gasteiger partial charge in [0.1, 0.15) is 0 Å². The Morgan fingerprint density at radius 2 is 1.94 bits per heavy atom. The van der Waals surface area contributed by atoms with E-state index in [4.69, 9.17) is 4.99 Å². The third-order valence-electron chi connectivity index (χ3n) is 6.25. The number of carbonyl (C=O) groups excluding carboxylic acids is 1. The van der Waals surface area contributed by atoms with Crippen LogP contribution in [0.15, 0.2) is 29.3 Å². The van der Waals surface area contributed by atoms with Crippen LogP contribution >= 0.6 is 24.0 Å². The van der Waals surface area contributed by atoms with E-state index in [1.54, 1.807) is 0 Å². The molecule has 2 aliphatic rings. The van der Waals surface area contributed by atoms with E-state index in [0.29, 0.717) is 24.9 Å². The van der Waals surface area contributed by atoms with Gasteiger partial charge >= 0.3 is 0 Å². The molecule has 0 saturated carbocycles. The fraction of sp³-hybridized carbons (Fsp3) is 0.667. The van der Waals surface area contributed by atoms with Crippen molar-refractivity contribution in [3.8, 4) is 0 Å². The van der Waals surface area contributed by atoms with E-state index in [9.17, 15) is 4.79 Å². The maximum atomic E-state index is 11.7. The summed E-state index contributed by atoms with van der Waals surface area (Å²) >= 11 is 0. The summed E-state index contributed by atoms with van der Waals surface area (Å²) in [4.78, 5) is 21.1. The molecule has 1 aromatic rings. The Labute approximate surface area is 205 Å². The SMILES string of the molecule is CCNC(=NCc1ccccc1CN1CCCCC1C)NCCCN1CCCC1=O.I. The number of piperidine rings is 1. The first kappa shape index (κ1) is 25.9. The van der Waals surface area contributed by atoms with Gasteiger partial charge in [-0.1, -0.05) is 30.7 Å². The van der Waals surface area contributed by atoms with Crippen molar-refractivity contribution in [2.75, 3.05) is 32.7 Å². The van der Waals surface area contributed by atoms with Crippen LogP contribution in [0.4, 0.5) is 0 Å². The highest BCUT2D eigenvalue weighted by atomic mass is 127. The maximum absolute atomic E-state index is 11.7. The van der Waals surface area contributed by atoms with Crippen LogP contribution in [0.1, 0.15) is 63.5 Å². The molecule has 0 aromatic heterocycles. The molecule has 1 atom stereocenters. The number of carbonyl (C=O) groups is 1. The molecule has 1 amide bonds. The van der Waals surface area contributed by atoms with Gasteiger partial charge in [0.25, 0.3) is 0 Å². The van der Waals surface area contributed by atoms with E-state index in [1.165, 1.54) is 36.9 Å². The van der Waals surface area contributed by atoms with E-state index < -0.39 is 0 Å². The summed E-state index contributed by atoms with van der Waals surface area (Å²) in [5.41, 5.74) is 2.69. The number of benzene rings is 1. The van der Waals surface area contributed by atoms with Gasteiger partial charge in [0.05, 0.1) is 6.54 Å². The number of rotatable bonds is 9. The first-order chi connectivity index (χ1) is 14.7. The van der Waals surface area contributed by atoms with E-state index in [2.05, 4.69) is 53.6 Å². The molecule has 174 valence electrons. The van der Waals surface area contributed by atoms with Gasteiger partial charge in [0, 0.05) is 45.2 Å². The minimum Gasteiger partial charge on any atom is -0.357 e. The van der Waals surface area contributed by atoms with Crippen molar-refractivity contribution in [1.29, 1.82) is 0 Å². The smallest absolute Gasteiger partial charge is 0.222 e. The predicted molar refractivity (Wildman–Crippen MR) is 139 cm³/mol. The second kappa shape index (κ2) is 13.9. The Kier molecular flexibility index (Phi) is 11.6. The standard InChI is InChI=1S/C24H39N5O.HI/c1-3-25-24(26-14-9-17-28-16-8-13-23(28)30)27-18-21-11-4-5-12-22(21)19-29-15-7-6-10-20(29)2;/h4-5,11-12,20H,3,6-10,13-19H2,1-2H3,(H2,25,26,27);1H. The van der Waals surface area contributed by atoms with Crippen molar-refractivity contribution < 1.29 is 4.79 Å². The Morgan fingerprint density at radius 3 is 2.65 bits per heavy atom. The molecule has 0 bridgehead atoms. The van der Waals surface area contributed by atoms with Crippen LogP contribution in [-0.2, 0) is 17.9 Å². The van der Waals surface area contributed by atoms with Gasteiger partial charge in [-0.25, -0.2) is 4.99 Å². The number of likely N-dealkylation sites (tertiary alicyclic amines) is 2. The topological polar surface area (TPSA) is 60.0 Å². The molecule has 0 aliphatic carbocycles. The summed E-state index contributed by atoms with van der Waals surface area (Å²) in [7, 11) is 0. The van der Waals surface area contributed by atoms with Crippen molar-refractivity contribution in [2.24, 2.45) is 4.99 Å². The average Bonchev–Trinajstić information content (AvgIpc) is 3.16. The lowest BCUT2D eigenvalue weighted by atomic mass is 10.0. The summed E-state index contributed by atoms with van der Waals surface area (Å²) in [5.74, 6) is 1.15. The molecule has 0 radical (unpaired) electrons. The van der Waals surface area contributed by atoms with Crippen molar-refractivity contribution in [1.82, 2.24) is 20.4 Å². The van der Waals surface area contributed by atoms with Gasteiger partial charge in [-0.05, 0) is 57.2 Å². The molecule has 31 heavy (non-hydrogen) atoms. The molecule has 1 unspecified atom stereocenters. The van der Waals surface area contributed by atoms with Gasteiger partial charge in [0.15, 0.2) is 5.96 Å². The van der Waals surface area contributed by atoms with Gasteiger partial charge < -0.3 is 15.5 Å². The quantitative estimate of drug-likeness (QED) is 0.217. The minimum absolute atomic E-state index is 0. The summed E-state index contributed by atoms with van der Waals surface area (Å²) in [6, 6.07) is 9.37. The molecule has 1 aromatic carbocycles. The molecule has 7 heteroatoms. The highest BCUT2D eigenvalue weighted by Gasteiger charge is 2.20. The zero-order chi connectivity index (χ0) is 21.2. The van der Waals surface area contributed by atoms with Crippen LogP contribution in [0.2, 0.25) is 0 Å². The Hall–Kier alpha value is -1.35. The number of amides is 1. The molecule has 0 spiro atoms. The number of hydrogen-bond acceptors (Lipinski definition) is 3. The number of aliphatic imine (C=N–C) groups is 1. The molecule has 6 nitrogen and oxygen atoms in total. The Bertz CT molecular complexity index is 711. The lowest BCUT2D eigenvalue weighted by Crippen LogP contribution is -2.39. The molecule has 2 aliphatic heterocycles. The molecular weight excluding hydrogens is 501 g/mol. The minimum atomic E-state index is 0. The van der Waals surface area contributed by atoms with Crippen LogP contribution < -0.4 is 10.6 Å². The Balaban J connectivity index is 0.00000341. The second-order valence-electron chi connectivity index (χ2n) is 8.54. The van der Waals surface area contributed by atoms with Crippen molar-refractivity contribution in [3.05, 3.63) is 35.4 Å². The third-order valence-corrected chi connectivity index (χ3v) is 6.25. The largest absolute Gasteiger partial charge is 0.357 e. The third kappa shape index (κ3) is 8.25. The average molecular weight is 542 g/mol. The fourth-order valence-electron chi connectivity index (χ4n) is 4.40. The van der Waals surface area contributed by atoms with E-state index >= 15 is 0 Å². The van der Waals surface area contributed by atoms with Crippen molar-refractivity contribution in [2.45, 2.75) is 71.5 Å². The molecule has 2 N–H and O–H groups in total. The molecule has 2 fully saturated rings. The lowest BCUT2D eigenvalue weighted by Gasteiger charge is -2.33. The zero-order valence-corrected chi connectivity index (χ0v) is 21.6. The molecular formula is C24H40IN5O. The molecule has 2 saturated heterocycles. The van der Waals surface area contributed by atoms with Gasteiger partial charge in [-0.15, -0.1) is 24.0 Å². The van der Waals surface area contributed by atoms with Crippen LogP contribution in [-0.4, -0.2) is 60.4 Å². The van der Waals surface area contributed by atoms with Gasteiger partial charge in [0.2, 0.25) is 5.91 Å². The van der Waals surface area contributed by atoms with E-state index in [1.807, 2.05) is 4.90 Å². The first-order valence-electron chi connectivity index (χ1n) is 11.8. The maximum Gasteiger partial charge on any atom is 0.222 e. The number of hydrogen-bond donors (Lipinski definition) is 2. The zero-order valence-electron chi connectivity index (χ0n) is 19.2. The second-order valence-corrected chi connectivity index (χ2v) is 8.54. The van der Waals surface area contributed by atoms with Crippen LogP contribution in [0.25, 0.3) is 0 Å². The number of nitrogens with zero attached hydrogens (tertiary/aromatic N) is 3. The number of halogens is 1. The molecule has 3 rings (SSSR count). The van der Waals surface area contributed by atoms with Crippen LogP contribution in [0, 0.1) is 0 Å². The first-order valence-corrected chi connectivity index (χ1v) is 11.8. The number of guanidine groups is 1. The highest BCUT2D eigenvalue weighted by Crippen LogP contribution is 2.21. The predicted octanol–water partition coefficient (Wildman–Crippen LogP) is 3.75. The van der Waals surface area contributed by atoms with Gasteiger partial charge in [-0.3, -0.25) is 9.69 Å². The summed E-state index contributed by atoms with van der Waals surface area (Å²) < 4.78 is 0. The van der Waals surface area contributed by atoms with Crippen molar-refractivity contribution in [3.63, 3.8) is 0 Å². The van der Waals surface area contributed by atoms with Crippen LogP contribution in [0.3, 0.4) is 0 Å². The summed E-state index contributed by atoms with van der Waals surface area (Å²) in [6.45, 7) is 10.7. The normalized spacial score (nSPS) is 19.9. The summed E-state index contributed by atoms with van der Waals surface area (Å²) in [6.07, 6.45) is 6.63. The van der Waals surface area contributed by atoms with Gasteiger partial charge in [-0.2, -0.15) is 0 Å². The lowest BCUT2D eigenvalue weighted by molar-refractivity contribution is -0.127. The summed E-state index contributed by atoms with van der Waals surface area (Å²) in [5, 5.41) is 6.77. The number of nitrogens with one attached hydrogen (secondary N) is 2.